The standard InChI is InChI=1S/C13H9N3O2S2/c17-11(15-12(19)16-13-14-5-6-20-13)10-7-8-3-1-2-4-9(8)18-10/h1-7H,(H2,14,15,16,17,19). The summed E-state index contributed by atoms with van der Waals surface area (Å²) < 4.78 is 5.45. The molecular weight excluding hydrogens is 294 g/mol. The van der Waals surface area contributed by atoms with E-state index in [0.29, 0.717) is 10.7 Å². The van der Waals surface area contributed by atoms with Crippen LogP contribution >= 0.6 is 23.6 Å². The van der Waals surface area contributed by atoms with Crippen LogP contribution in [0.3, 0.4) is 0 Å². The second-order valence-corrected chi connectivity index (χ2v) is 5.20. The molecule has 1 aromatic carbocycles. The monoisotopic (exact) mass is 303 g/mol. The van der Waals surface area contributed by atoms with Gasteiger partial charge in [0.25, 0.3) is 5.91 Å². The Hall–Kier alpha value is -2.25. The third-order valence-corrected chi connectivity index (χ3v) is 3.42. The number of carbonyl (C=O) groups is 1. The summed E-state index contributed by atoms with van der Waals surface area (Å²) in [5.41, 5.74) is 0.663. The maximum absolute atomic E-state index is 12.0. The number of furan rings is 1. The van der Waals surface area contributed by atoms with Gasteiger partial charge in [-0.15, -0.1) is 11.3 Å². The highest BCUT2D eigenvalue weighted by Crippen LogP contribution is 2.18. The predicted octanol–water partition coefficient (Wildman–Crippen LogP) is 3.02. The molecule has 3 rings (SSSR count). The number of benzene rings is 1. The lowest BCUT2D eigenvalue weighted by Crippen LogP contribution is -2.33. The molecular formula is C13H9N3O2S2. The van der Waals surface area contributed by atoms with Gasteiger partial charge in [0.2, 0.25) is 0 Å². The molecule has 0 atom stereocenters. The molecule has 7 heteroatoms. The number of fused-ring (bicyclic) bond motifs is 1. The molecule has 0 radical (unpaired) electrons. The SMILES string of the molecule is O=C(NC(=S)Nc1nccs1)c1cc2ccccc2o1. The average Bonchev–Trinajstić information content (AvgIpc) is 3.06. The highest BCUT2D eigenvalue weighted by molar-refractivity contribution is 7.80. The van der Waals surface area contributed by atoms with Crippen molar-refractivity contribution < 1.29 is 9.21 Å². The van der Waals surface area contributed by atoms with Crippen molar-refractivity contribution in [2.75, 3.05) is 5.32 Å². The van der Waals surface area contributed by atoms with Crippen LogP contribution in [0.4, 0.5) is 5.13 Å². The van der Waals surface area contributed by atoms with Crippen molar-refractivity contribution in [1.82, 2.24) is 10.3 Å². The Kier molecular flexibility index (Phi) is 3.44. The Morgan fingerprint density at radius 3 is 2.95 bits per heavy atom. The number of thiazole rings is 1. The summed E-state index contributed by atoms with van der Waals surface area (Å²) in [7, 11) is 0. The molecule has 100 valence electrons. The molecule has 5 nitrogen and oxygen atoms in total. The number of thiocarbonyl (C=S) groups is 1. The van der Waals surface area contributed by atoms with Gasteiger partial charge in [0.15, 0.2) is 16.0 Å². The number of hydrogen-bond acceptors (Lipinski definition) is 5. The zero-order valence-corrected chi connectivity index (χ0v) is 11.8. The molecule has 2 aromatic heterocycles. The van der Waals surface area contributed by atoms with Gasteiger partial charge in [-0.05, 0) is 24.4 Å². The fourth-order valence-corrected chi connectivity index (χ4v) is 2.46. The number of amides is 1. The summed E-state index contributed by atoms with van der Waals surface area (Å²) in [4.78, 5) is 16.0. The quantitative estimate of drug-likeness (QED) is 0.712. The first-order valence-electron chi connectivity index (χ1n) is 5.73. The molecule has 0 bridgehead atoms. The molecule has 0 fully saturated rings. The van der Waals surface area contributed by atoms with E-state index < -0.39 is 5.91 Å². The van der Waals surface area contributed by atoms with Crippen molar-refractivity contribution in [3.63, 3.8) is 0 Å². The molecule has 3 aromatic rings. The van der Waals surface area contributed by atoms with Gasteiger partial charge >= 0.3 is 0 Å². The van der Waals surface area contributed by atoms with E-state index in [1.54, 1.807) is 18.3 Å². The summed E-state index contributed by atoms with van der Waals surface area (Å²) in [5.74, 6) is -0.176. The van der Waals surface area contributed by atoms with Crippen molar-refractivity contribution in [2.45, 2.75) is 0 Å². The third kappa shape index (κ3) is 2.68. The van der Waals surface area contributed by atoms with Gasteiger partial charge in [0.1, 0.15) is 5.58 Å². The molecule has 0 aliphatic rings. The van der Waals surface area contributed by atoms with Gasteiger partial charge in [-0.25, -0.2) is 4.98 Å². The van der Waals surface area contributed by atoms with Crippen molar-refractivity contribution in [2.24, 2.45) is 0 Å². The van der Waals surface area contributed by atoms with Crippen LogP contribution in [-0.4, -0.2) is 16.0 Å². The average molecular weight is 303 g/mol. The van der Waals surface area contributed by atoms with E-state index in [1.807, 2.05) is 23.6 Å². The minimum Gasteiger partial charge on any atom is -0.451 e. The van der Waals surface area contributed by atoms with Crippen molar-refractivity contribution in [1.29, 1.82) is 0 Å². The smallest absolute Gasteiger partial charge is 0.293 e. The van der Waals surface area contributed by atoms with E-state index in [0.717, 1.165) is 5.39 Å². The fraction of sp³-hybridized carbons (Fsp3) is 0. The van der Waals surface area contributed by atoms with Gasteiger partial charge in [0.05, 0.1) is 0 Å². The van der Waals surface area contributed by atoms with Crippen LogP contribution in [-0.2, 0) is 0 Å². The number of rotatable bonds is 2. The molecule has 0 aliphatic heterocycles. The van der Waals surface area contributed by atoms with Crippen LogP contribution < -0.4 is 10.6 Å². The molecule has 0 spiro atoms. The highest BCUT2D eigenvalue weighted by atomic mass is 32.1. The van der Waals surface area contributed by atoms with Crippen LogP contribution in [0, 0.1) is 0 Å². The minimum absolute atomic E-state index is 0.186. The molecule has 0 saturated heterocycles. The van der Waals surface area contributed by atoms with Crippen LogP contribution in [0.2, 0.25) is 0 Å². The number of aromatic nitrogens is 1. The lowest BCUT2D eigenvalue weighted by Gasteiger charge is -2.04. The Balaban J connectivity index is 1.71. The van der Waals surface area contributed by atoms with Gasteiger partial charge in [-0.3, -0.25) is 10.1 Å². The number of nitrogens with zero attached hydrogens (tertiary/aromatic N) is 1. The number of hydrogen-bond donors (Lipinski definition) is 2. The molecule has 20 heavy (non-hydrogen) atoms. The molecule has 1 amide bonds. The van der Waals surface area contributed by atoms with Crippen LogP contribution in [0.25, 0.3) is 11.0 Å². The van der Waals surface area contributed by atoms with E-state index in [4.69, 9.17) is 16.6 Å². The van der Waals surface area contributed by atoms with E-state index in [9.17, 15) is 4.79 Å². The molecule has 0 unspecified atom stereocenters. The normalized spacial score (nSPS) is 10.4. The summed E-state index contributed by atoms with van der Waals surface area (Å²) in [5, 5.41) is 8.87. The summed E-state index contributed by atoms with van der Waals surface area (Å²) >= 11 is 6.43. The molecule has 2 N–H and O–H groups in total. The largest absolute Gasteiger partial charge is 0.451 e. The Morgan fingerprint density at radius 2 is 2.20 bits per heavy atom. The Bertz CT molecular complexity index is 732. The number of carbonyl (C=O) groups excluding carboxylic acids is 1. The van der Waals surface area contributed by atoms with Crippen LogP contribution in [0.15, 0.2) is 46.3 Å². The van der Waals surface area contributed by atoms with Crippen LogP contribution in [0.1, 0.15) is 10.6 Å². The lowest BCUT2D eigenvalue weighted by atomic mass is 10.2. The topological polar surface area (TPSA) is 67.2 Å². The zero-order valence-electron chi connectivity index (χ0n) is 10.1. The second kappa shape index (κ2) is 5.40. The van der Waals surface area contributed by atoms with Gasteiger partial charge in [0, 0.05) is 17.0 Å². The summed E-state index contributed by atoms with van der Waals surface area (Å²) in [6.07, 6.45) is 1.65. The van der Waals surface area contributed by atoms with E-state index in [1.165, 1.54) is 11.3 Å². The lowest BCUT2D eigenvalue weighted by molar-refractivity contribution is 0.0953. The molecule has 0 aliphatic carbocycles. The van der Waals surface area contributed by atoms with Gasteiger partial charge in [-0.1, -0.05) is 18.2 Å². The first kappa shape index (κ1) is 12.8. The maximum Gasteiger partial charge on any atom is 0.293 e. The Labute approximate surface area is 123 Å². The fourth-order valence-electron chi connectivity index (χ4n) is 1.67. The zero-order chi connectivity index (χ0) is 13.9. The first-order chi connectivity index (χ1) is 9.72. The Morgan fingerprint density at radius 1 is 1.35 bits per heavy atom. The second-order valence-electron chi connectivity index (χ2n) is 3.89. The van der Waals surface area contributed by atoms with Crippen molar-refractivity contribution in [3.05, 3.63) is 47.7 Å². The number of anilines is 1. The van der Waals surface area contributed by atoms with Crippen molar-refractivity contribution >= 4 is 50.7 Å². The van der Waals surface area contributed by atoms with E-state index >= 15 is 0 Å². The van der Waals surface area contributed by atoms with Crippen LogP contribution in [0.5, 0.6) is 0 Å². The highest BCUT2D eigenvalue weighted by Gasteiger charge is 2.13. The van der Waals surface area contributed by atoms with E-state index in [2.05, 4.69) is 15.6 Å². The first-order valence-corrected chi connectivity index (χ1v) is 7.01. The molecule has 2 heterocycles. The predicted molar refractivity (Wildman–Crippen MR) is 82.0 cm³/mol. The molecule has 0 saturated carbocycles. The summed E-state index contributed by atoms with van der Waals surface area (Å²) in [6.45, 7) is 0. The maximum atomic E-state index is 12.0. The third-order valence-electron chi connectivity index (χ3n) is 2.53. The van der Waals surface area contributed by atoms with Gasteiger partial charge in [-0.2, -0.15) is 0 Å². The number of para-hydroxylation sites is 1. The number of nitrogens with one attached hydrogen (secondary N) is 2. The summed E-state index contributed by atoms with van der Waals surface area (Å²) in [6, 6.07) is 9.09. The van der Waals surface area contributed by atoms with Crippen molar-refractivity contribution in [3.8, 4) is 0 Å². The van der Waals surface area contributed by atoms with E-state index in [-0.39, 0.29) is 10.9 Å². The minimum atomic E-state index is -0.393. The van der Waals surface area contributed by atoms with Gasteiger partial charge < -0.3 is 9.73 Å².